The molecule has 3 rings (SSSR count). The zero-order valence-corrected chi connectivity index (χ0v) is 16.9. The van der Waals surface area contributed by atoms with Gasteiger partial charge in [-0.1, -0.05) is 53.6 Å². The SMILES string of the molecule is COC[C@]1(C(N)=S)[C@@H](c2cccc(Cl)c2)[C@@H]1S(=O)(=O)c1ccc(C)cc1. The number of methoxy groups -OCH3 is 1. The minimum Gasteiger partial charge on any atom is -0.393 e. The Morgan fingerprint density at radius 2 is 1.92 bits per heavy atom. The van der Waals surface area contributed by atoms with Gasteiger partial charge in [-0.25, -0.2) is 8.42 Å². The third-order valence-corrected chi connectivity index (χ3v) is 7.90. The summed E-state index contributed by atoms with van der Waals surface area (Å²) in [5, 5.41) is -0.247. The summed E-state index contributed by atoms with van der Waals surface area (Å²) in [6.45, 7) is 2.04. The van der Waals surface area contributed by atoms with Crippen LogP contribution in [0.2, 0.25) is 5.02 Å². The summed E-state index contributed by atoms with van der Waals surface area (Å²) < 4.78 is 32.1. The van der Waals surface area contributed by atoms with Gasteiger partial charge in [-0.3, -0.25) is 0 Å². The van der Waals surface area contributed by atoms with E-state index in [1.165, 1.54) is 7.11 Å². The number of rotatable bonds is 6. The maximum atomic E-state index is 13.4. The number of aryl methyl sites for hydroxylation is 1. The number of sulfone groups is 1. The van der Waals surface area contributed by atoms with Crippen molar-refractivity contribution in [3.63, 3.8) is 0 Å². The van der Waals surface area contributed by atoms with E-state index in [9.17, 15) is 8.42 Å². The highest BCUT2D eigenvalue weighted by atomic mass is 35.5. The molecule has 0 aromatic heterocycles. The van der Waals surface area contributed by atoms with Crippen LogP contribution in [0.5, 0.6) is 0 Å². The van der Waals surface area contributed by atoms with Gasteiger partial charge in [-0.15, -0.1) is 0 Å². The number of thiocarbonyl (C=S) groups is 1. The lowest BCUT2D eigenvalue weighted by atomic mass is 10.00. The van der Waals surface area contributed by atoms with Crippen molar-refractivity contribution in [2.75, 3.05) is 13.7 Å². The van der Waals surface area contributed by atoms with Gasteiger partial charge in [0.05, 0.1) is 27.2 Å². The minimum absolute atomic E-state index is 0.134. The maximum Gasteiger partial charge on any atom is 0.182 e. The van der Waals surface area contributed by atoms with Crippen LogP contribution in [0.25, 0.3) is 0 Å². The van der Waals surface area contributed by atoms with Gasteiger partial charge in [0.1, 0.15) is 0 Å². The zero-order valence-electron chi connectivity index (χ0n) is 14.5. The standard InChI is InChI=1S/C19H20ClNO3S2/c1-12-6-8-15(9-7-12)26(22,23)17-16(13-4-3-5-14(20)10-13)19(17,11-24-2)18(21)25/h3-10,16-17H,11H2,1-2H3,(H2,21,25)/t16-,17-,19-/m0/s1. The molecule has 7 heteroatoms. The highest BCUT2D eigenvalue weighted by molar-refractivity contribution is 7.92. The topological polar surface area (TPSA) is 69.4 Å². The van der Waals surface area contributed by atoms with Crippen LogP contribution in [-0.4, -0.2) is 32.4 Å². The molecule has 3 atom stereocenters. The van der Waals surface area contributed by atoms with Gasteiger partial charge in [0.25, 0.3) is 0 Å². The number of halogens is 1. The van der Waals surface area contributed by atoms with Crippen molar-refractivity contribution < 1.29 is 13.2 Å². The highest BCUT2D eigenvalue weighted by Crippen LogP contribution is 2.64. The van der Waals surface area contributed by atoms with E-state index in [0.29, 0.717) is 5.02 Å². The van der Waals surface area contributed by atoms with Crippen LogP contribution < -0.4 is 5.73 Å². The van der Waals surface area contributed by atoms with Gasteiger partial charge >= 0.3 is 0 Å². The van der Waals surface area contributed by atoms with Crippen LogP contribution in [0.4, 0.5) is 0 Å². The van der Waals surface area contributed by atoms with Crippen LogP contribution in [0.3, 0.4) is 0 Å². The van der Waals surface area contributed by atoms with E-state index in [1.54, 1.807) is 42.5 Å². The molecular weight excluding hydrogens is 390 g/mol. The molecule has 0 bridgehead atoms. The van der Waals surface area contributed by atoms with Gasteiger partial charge in [0, 0.05) is 18.1 Å². The number of hydrogen-bond donors (Lipinski definition) is 1. The Balaban J connectivity index is 2.13. The molecule has 2 N–H and O–H groups in total. The summed E-state index contributed by atoms with van der Waals surface area (Å²) >= 11 is 11.4. The quantitative estimate of drug-likeness (QED) is 0.739. The van der Waals surface area contributed by atoms with Gasteiger partial charge in [0.15, 0.2) is 9.84 Å². The van der Waals surface area contributed by atoms with E-state index in [4.69, 9.17) is 34.3 Å². The molecule has 26 heavy (non-hydrogen) atoms. The number of ether oxygens (including phenoxy) is 1. The number of benzene rings is 2. The monoisotopic (exact) mass is 409 g/mol. The van der Waals surface area contributed by atoms with E-state index in [2.05, 4.69) is 0 Å². The summed E-state index contributed by atoms with van der Waals surface area (Å²) in [5.41, 5.74) is 6.87. The molecule has 0 saturated heterocycles. The summed E-state index contributed by atoms with van der Waals surface area (Å²) in [5.74, 6) is -0.398. The first kappa shape index (κ1) is 19.3. The Hall–Kier alpha value is -1.47. The van der Waals surface area contributed by atoms with E-state index < -0.39 is 26.4 Å². The predicted molar refractivity (Wildman–Crippen MR) is 107 cm³/mol. The Morgan fingerprint density at radius 1 is 1.27 bits per heavy atom. The molecule has 0 aliphatic heterocycles. The van der Waals surface area contributed by atoms with Crippen LogP contribution in [-0.2, 0) is 14.6 Å². The van der Waals surface area contributed by atoms with Crippen molar-refractivity contribution in [3.05, 3.63) is 64.7 Å². The molecule has 0 heterocycles. The Kier molecular flexibility index (Phi) is 5.14. The Morgan fingerprint density at radius 3 is 2.46 bits per heavy atom. The molecule has 0 unspecified atom stereocenters. The molecule has 2 aromatic carbocycles. The summed E-state index contributed by atoms with van der Waals surface area (Å²) in [6.07, 6.45) is 0. The summed E-state index contributed by atoms with van der Waals surface area (Å²) in [6, 6.07) is 14.0. The molecule has 0 spiro atoms. The fraction of sp³-hybridized carbons (Fsp3) is 0.316. The number of nitrogens with two attached hydrogens (primary N) is 1. The second-order valence-corrected chi connectivity index (χ2v) is 9.59. The lowest BCUT2D eigenvalue weighted by Crippen LogP contribution is -2.33. The molecule has 1 aliphatic carbocycles. The van der Waals surface area contributed by atoms with Crippen molar-refractivity contribution in [2.45, 2.75) is 23.0 Å². The average Bonchev–Trinajstić information content (AvgIpc) is 3.27. The van der Waals surface area contributed by atoms with Crippen LogP contribution in [0, 0.1) is 12.3 Å². The predicted octanol–water partition coefficient (Wildman–Crippen LogP) is 3.51. The Labute approximate surface area is 164 Å². The molecule has 1 fully saturated rings. The normalized spacial score (nSPS) is 25.0. The third-order valence-electron chi connectivity index (χ3n) is 4.99. The second-order valence-electron chi connectivity index (χ2n) is 6.65. The highest BCUT2D eigenvalue weighted by Gasteiger charge is 2.73. The van der Waals surface area contributed by atoms with Crippen molar-refractivity contribution in [1.29, 1.82) is 0 Å². The van der Waals surface area contributed by atoms with Gasteiger partial charge in [-0.2, -0.15) is 0 Å². The van der Waals surface area contributed by atoms with Gasteiger partial charge < -0.3 is 10.5 Å². The van der Waals surface area contributed by atoms with Crippen molar-refractivity contribution >= 4 is 38.6 Å². The van der Waals surface area contributed by atoms with E-state index in [0.717, 1.165) is 11.1 Å². The molecule has 0 amide bonds. The first-order valence-corrected chi connectivity index (χ1v) is 10.4. The number of hydrogen-bond acceptors (Lipinski definition) is 4. The van der Waals surface area contributed by atoms with Gasteiger partial charge in [0.2, 0.25) is 0 Å². The Bertz CT molecular complexity index is 944. The summed E-state index contributed by atoms with van der Waals surface area (Å²) in [7, 11) is -2.14. The van der Waals surface area contributed by atoms with E-state index >= 15 is 0 Å². The van der Waals surface area contributed by atoms with E-state index in [-0.39, 0.29) is 16.5 Å². The molecule has 4 nitrogen and oxygen atoms in total. The minimum atomic E-state index is -3.66. The van der Waals surface area contributed by atoms with Crippen LogP contribution in [0.15, 0.2) is 53.4 Å². The fourth-order valence-corrected chi connectivity index (χ4v) is 6.65. The molecule has 2 aromatic rings. The van der Waals surface area contributed by atoms with Crippen molar-refractivity contribution in [2.24, 2.45) is 11.1 Å². The van der Waals surface area contributed by atoms with Crippen molar-refractivity contribution in [1.82, 2.24) is 0 Å². The first-order valence-electron chi connectivity index (χ1n) is 8.10. The van der Waals surface area contributed by atoms with E-state index in [1.807, 2.05) is 13.0 Å². The van der Waals surface area contributed by atoms with Crippen molar-refractivity contribution in [3.8, 4) is 0 Å². The molecular formula is C19H20ClNO3S2. The molecule has 1 saturated carbocycles. The second kappa shape index (κ2) is 6.93. The molecule has 0 radical (unpaired) electrons. The smallest absolute Gasteiger partial charge is 0.182 e. The van der Waals surface area contributed by atoms with Crippen LogP contribution >= 0.6 is 23.8 Å². The lowest BCUT2D eigenvalue weighted by molar-refractivity contribution is 0.166. The molecule has 1 aliphatic rings. The lowest BCUT2D eigenvalue weighted by Gasteiger charge is -2.16. The fourth-order valence-electron chi connectivity index (χ4n) is 3.68. The summed E-state index contributed by atoms with van der Waals surface area (Å²) in [4.78, 5) is 0.402. The van der Waals surface area contributed by atoms with Crippen LogP contribution in [0.1, 0.15) is 17.0 Å². The molecule has 138 valence electrons. The third kappa shape index (κ3) is 3.05. The zero-order chi connectivity index (χ0) is 19.1. The largest absolute Gasteiger partial charge is 0.393 e. The maximum absolute atomic E-state index is 13.4. The van der Waals surface area contributed by atoms with Gasteiger partial charge in [-0.05, 0) is 36.8 Å². The average molecular weight is 410 g/mol. The first-order chi connectivity index (χ1) is 12.2.